The van der Waals surface area contributed by atoms with Crippen LogP contribution in [0.1, 0.15) is 34.6 Å². The molecule has 10 nitrogen and oxygen atoms in total. The van der Waals surface area contributed by atoms with Crippen molar-refractivity contribution in [1.29, 1.82) is 0 Å². The summed E-state index contributed by atoms with van der Waals surface area (Å²) in [5.74, 6) is -0.473. The van der Waals surface area contributed by atoms with Crippen molar-refractivity contribution in [3.05, 3.63) is 65.8 Å². The molecule has 3 heterocycles. The molecule has 0 saturated heterocycles. The molecule has 3 aromatic heterocycles. The first-order valence-corrected chi connectivity index (χ1v) is 12.3. The van der Waals surface area contributed by atoms with E-state index in [1.807, 2.05) is 6.07 Å². The maximum atomic E-state index is 14.6. The Hall–Kier alpha value is -4.38. The molecule has 0 unspecified atom stereocenters. The van der Waals surface area contributed by atoms with Gasteiger partial charge in [-0.2, -0.15) is 0 Å². The van der Waals surface area contributed by atoms with Crippen LogP contribution in [0.25, 0.3) is 22.3 Å². The molecule has 39 heavy (non-hydrogen) atoms. The van der Waals surface area contributed by atoms with Crippen molar-refractivity contribution in [2.45, 2.75) is 45.8 Å². The second kappa shape index (κ2) is 10.8. The number of carbonyl (C=O) groups excluding carboxylic acids is 2. The number of anilines is 3. The van der Waals surface area contributed by atoms with E-state index in [-0.39, 0.29) is 11.4 Å². The van der Waals surface area contributed by atoms with Crippen LogP contribution >= 0.6 is 11.6 Å². The van der Waals surface area contributed by atoms with E-state index in [1.54, 1.807) is 52.9 Å². The number of rotatable bonds is 6. The molecule has 0 saturated carbocycles. The van der Waals surface area contributed by atoms with E-state index in [0.29, 0.717) is 33.3 Å². The van der Waals surface area contributed by atoms with E-state index in [0.717, 1.165) is 0 Å². The summed E-state index contributed by atoms with van der Waals surface area (Å²) in [5, 5.41) is 9.43. The molecule has 0 aliphatic rings. The standard InChI is InChI=1S/C27H27ClFN7O3/c1-26(2,3)39-25(38)36-27(4,5)24(37)35-22-13-21(31-14-32-22)33-19-12-20(17-11-15(28)8-9-18(17)29)34-23-16(19)7-6-10-30-23/h6-14H,1-5H3,(H,36,38)(H2,30,31,32,33,34,35,37). The fraction of sp³-hybridized carbons (Fsp3) is 0.259. The molecule has 0 aliphatic carbocycles. The minimum Gasteiger partial charge on any atom is -0.444 e. The number of nitrogens with zero attached hydrogens (tertiary/aromatic N) is 4. The zero-order valence-electron chi connectivity index (χ0n) is 22.0. The monoisotopic (exact) mass is 551 g/mol. The highest BCUT2D eigenvalue weighted by Crippen LogP contribution is 2.32. The molecule has 0 atom stereocenters. The predicted molar refractivity (Wildman–Crippen MR) is 147 cm³/mol. The van der Waals surface area contributed by atoms with Crippen LogP contribution in [0.2, 0.25) is 5.02 Å². The molecule has 0 radical (unpaired) electrons. The first kappa shape index (κ1) is 27.6. The lowest BCUT2D eigenvalue weighted by molar-refractivity contribution is -0.121. The molecule has 4 rings (SSSR count). The SMILES string of the molecule is CC(C)(C)OC(=O)NC(C)(C)C(=O)Nc1cc(Nc2cc(-c3cc(Cl)ccc3F)nc3ncccc23)ncn1. The van der Waals surface area contributed by atoms with E-state index < -0.39 is 29.0 Å². The Kier molecular flexibility index (Phi) is 7.64. The lowest BCUT2D eigenvalue weighted by Crippen LogP contribution is -2.53. The second-order valence-electron chi connectivity index (χ2n) is 10.2. The van der Waals surface area contributed by atoms with Gasteiger partial charge in [-0.1, -0.05) is 11.6 Å². The van der Waals surface area contributed by atoms with Crippen molar-refractivity contribution in [2.24, 2.45) is 0 Å². The Balaban J connectivity index is 1.59. The topological polar surface area (TPSA) is 131 Å². The molecule has 1 aromatic carbocycles. The first-order chi connectivity index (χ1) is 18.3. The highest BCUT2D eigenvalue weighted by molar-refractivity contribution is 6.30. The van der Waals surface area contributed by atoms with Gasteiger partial charge in [0.1, 0.15) is 34.9 Å². The highest BCUT2D eigenvalue weighted by Gasteiger charge is 2.32. The van der Waals surface area contributed by atoms with Crippen molar-refractivity contribution in [3.8, 4) is 11.3 Å². The molecule has 0 aliphatic heterocycles. The van der Waals surface area contributed by atoms with Gasteiger partial charge >= 0.3 is 6.09 Å². The number of fused-ring (bicyclic) bond motifs is 1. The number of carbonyl (C=O) groups is 2. The lowest BCUT2D eigenvalue weighted by atomic mass is 10.1. The van der Waals surface area contributed by atoms with E-state index in [9.17, 15) is 14.0 Å². The van der Waals surface area contributed by atoms with Gasteiger partial charge in [-0.15, -0.1) is 0 Å². The van der Waals surface area contributed by atoms with Crippen LogP contribution in [0.15, 0.2) is 55.0 Å². The minimum absolute atomic E-state index is 0.189. The molecule has 2 amide bonds. The summed E-state index contributed by atoms with van der Waals surface area (Å²) < 4.78 is 19.9. The summed E-state index contributed by atoms with van der Waals surface area (Å²) in [4.78, 5) is 42.2. The van der Waals surface area contributed by atoms with Gasteiger partial charge in [-0.25, -0.2) is 29.1 Å². The van der Waals surface area contributed by atoms with E-state index in [4.69, 9.17) is 16.3 Å². The number of hydrogen-bond acceptors (Lipinski definition) is 8. The van der Waals surface area contributed by atoms with Crippen LogP contribution in [0.4, 0.5) is 26.5 Å². The third kappa shape index (κ3) is 6.94. The minimum atomic E-state index is -1.30. The maximum Gasteiger partial charge on any atom is 0.408 e. The normalized spacial score (nSPS) is 11.7. The molecule has 0 fully saturated rings. The van der Waals surface area contributed by atoms with Crippen molar-refractivity contribution in [2.75, 3.05) is 10.6 Å². The maximum absolute atomic E-state index is 14.6. The predicted octanol–water partition coefficient (Wildman–Crippen LogP) is 5.86. The number of pyridine rings is 2. The van der Waals surface area contributed by atoms with Crippen LogP contribution in [-0.4, -0.2) is 43.1 Å². The van der Waals surface area contributed by atoms with Gasteiger partial charge in [0.05, 0.1) is 11.4 Å². The first-order valence-electron chi connectivity index (χ1n) is 11.9. The number of amides is 2. The molecule has 12 heteroatoms. The van der Waals surface area contributed by atoms with E-state index in [1.165, 1.54) is 30.6 Å². The molecule has 3 N–H and O–H groups in total. The number of nitrogens with one attached hydrogen (secondary N) is 3. The summed E-state index contributed by atoms with van der Waals surface area (Å²) >= 11 is 6.09. The molecular formula is C27H27ClFN7O3. The Morgan fingerprint density at radius 3 is 2.46 bits per heavy atom. The van der Waals surface area contributed by atoms with Gasteiger partial charge in [0.2, 0.25) is 0 Å². The largest absolute Gasteiger partial charge is 0.444 e. The molecule has 202 valence electrons. The van der Waals surface area contributed by atoms with Crippen molar-refractivity contribution < 1.29 is 18.7 Å². The third-order valence-electron chi connectivity index (χ3n) is 5.34. The fourth-order valence-electron chi connectivity index (χ4n) is 3.51. The average Bonchev–Trinajstić information content (AvgIpc) is 2.84. The quantitative estimate of drug-likeness (QED) is 0.271. The molecular weight excluding hydrogens is 525 g/mol. The Morgan fingerprint density at radius 1 is 0.974 bits per heavy atom. The summed E-state index contributed by atoms with van der Waals surface area (Å²) in [6, 6.07) is 11.0. The van der Waals surface area contributed by atoms with Crippen molar-refractivity contribution >= 4 is 52.0 Å². The number of aromatic nitrogens is 4. The number of hydrogen-bond donors (Lipinski definition) is 3. The van der Waals surface area contributed by atoms with Crippen molar-refractivity contribution in [3.63, 3.8) is 0 Å². The van der Waals surface area contributed by atoms with Gasteiger partial charge in [0.15, 0.2) is 5.65 Å². The third-order valence-corrected chi connectivity index (χ3v) is 5.58. The summed E-state index contributed by atoms with van der Waals surface area (Å²) in [6.45, 7) is 8.27. The summed E-state index contributed by atoms with van der Waals surface area (Å²) in [6.07, 6.45) is 2.13. The molecule has 0 spiro atoms. The lowest BCUT2D eigenvalue weighted by Gasteiger charge is -2.27. The van der Waals surface area contributed by atoms with Gasteiger partial charge < -0.3 is 20.7 Å². The number of halogens is 2. The zero-order chi connectivity index (χ0) is 28.4. The van der Waals surface area contributed by atoms with E-state index in [2.05, 4.69) is 35.9 Å². The van der Waals surface area contributed by atoms with Gasteiger partial charge in [0, 0.05) is 28.2 Å². The van der Waals surface area contributed by atoms with Crippen LogP contribution < -0.4 is 16.0 Å². The fourth-order valence-corrected chi connectivity index (χ4v) is 3.68. The Morgan fingerprint density at radius 2 is 1.72 bits per heavy atom. The van der Waals surface area contributed by atoms with Crippen LogP contribution in [-0.2, 0) is 9.53 Å². The average molecular weight is 552 g/mol. The highest BCUT2D eigenvalue weighted by atomic mass is 35.5. The Labute approximate surface area is 229 Å². The number of ether oxygens (including phenoxy) is 1. The smallest absolute Gasteiger partial charge is 0.408 e. The van der Waals surface area contributed by atoms with Crippen LogP contribution in [0.5, 0.6) is 0 Å². The van der Waals surface area contributed by atoms with Crippen LogP contribution in [0, 0.1) is 5.82 Å². The van der Waals surface area contributed by atoms with Gasteiger partial charge in [0.25, 0.3) is 5.91 Å². The molecule has 4 aromatic rings. The van der Waals surface area contributed by atoms with Gasteiger partial charge in [-0.3, -0.25) is 4.79 Å². The zero-order valence-corrected chi connectivity index (χ0v) is 22.7. The van der Waals surface area contributed by atoms with E-state index >= 15 is 0 Å². The number of alkyl carbamates (subject to hydrolysis) is 1. The summed E-state index contributed by atoms with van der Waals surface area (Å²) in [5.41, 5.74) is -0.548. The molecule has 0 bridgehead atoms. The van der Waals surface area contributed by atoms with Crippen molar-refractivity contribution in [1.82, 2.24) is 25.3 Å². The summed E-state index contributed by atoms with van der Waals surface area (Å²) in [7, 11) is 0. The second-order valence-corrected chi connectivity index (χ2v) is 10.6. The number of benzene rings is 1. The van der Waals surface area contributed by atoms with Gasteiger partial charge in [-0.05, 0) is 71.0 Å². The van der Waals surface area contributed by atoms with Crippen LogP contribution in [0.3, 0.4) is 0 Å². The Bertz CT molecular complexity index is 1560.